The highest BCUT2D eigenvalue weighted by molar-refractivity contribution is 5.20. The van der Waals surface area contributed by atoms with Gasteiger partial charge in [0.2, 0.25) is 0 Å². The van der Waals surface area contributed by atoms with Crippen LogP contribution >= 0.6 is 0 Å². The Hall–Kier alpha value is -1.62. The molecule has 0 saturated heterocycles. The van der Waals surface area contributed by atoms with E-state index >= 15 is 0 Å². The van der Waals surface area contributed by atoms with Crippen LogP contribution in [0.4, 0.5) is 0 Å². The van der Waals surface area contributed by atoms with Crippen LogP contribution in [0.25, 0.3) is 0 Å². The van der Waals surface area contributed by atoms with E-state index in [0.717, 1.165) is 28.9 Å². The molecular formula is C12H17N3O2. The Balaban J connectivity index is 2.38. The lowest BCUT2D eigenvalue weighted by Crippen LogP contribution is -2.43. The second-order valence-corrected chi connectivity index (χ2v) is 4.67. The van der Waals surface area contributed by atoms with Crippen LogP contribution in [0.15, 0.2) is 21.7 Å². The number of fused-ring (bicyclic) bond motifs is 1. The van der Waals surface area contributed by atoms with Crippen LogP contribution in [0.3, 0.4) is 0 Å². The molecule has 0 saturated carbocycles. The first-order chi connectivity index (χ1) is 7.99. The van der Waals surface area contributed by atoms with E-state index < -0.39 is 0 Å². The Morgan fingerprint density at radius 2 is 2.18 bits per heavy atom. The molecule has 1 aliphatic rings. The maximum absolute atomic E-state index is 12.0. The normalized spacial score (nSPS) is 15.6. The van der Waals surface area contributed by atoms with Gasteiger partial charge in [0.05, 0.1) is 5.56 Å². The molecule has 92 valence electrons. The predicted molar refractivity (Wildman–Crippen MR) is 66.1 cm³/mol. The van der Waals surface area contributed by atoms with Gasteiger partial charge in [-0.3, -0.25) is 14.3 Å². The summed E-state index contributed by atoms with van der Waals surface area (Å²) in [6.07, 6.45) is 0.716. The second-order valence-electron chi connectivity index (χ2n) is 4.67. The average Bonchev–Trinajstić information content (AvgIpc) is 2.26. The quantitative estimate of drug-likeness (QED) is 0.734. The van der Waals surface area contributed by atoms with Crippen molar-refractivity contribution in [3.05, 3.63) is 44.2 Å². The van der Waals surface area contributed by atoms with Crippen molar-refractivity contribution in [1.82, 2.24) is 14.5 Å². The van der Waals surface area contributed by atoms with Gasteiger partial charge >= 0.3 is 5.69 Å². The van der Waals surface area contributed by atoms with Gasteiger partial charge in [0.25, 0.3) is 5.56 Å². The number of hydrogen-bond donors (Lipinski definition) is 1. The van der Waals surface area contributed by atoms with Crippen LogP contribution in [0, 0.1) is 0 Å². The van der Waals surface area contributed by atoms with Crippen LogP contribution in [0.5, 0.6) is 0 Å². The molecule has 2 heterocycles. The largest absolute Gasteiger partial charge is 0.328 e. The lowest BCUT2D eigenvalue weighted by molar-refractivity contribution is 0.270. The van der Waals surface area contributed by atoms with E-state index in [-0.39, 0.29) is 11.2 Å². The van der Waals surface area contributed by atoms with Gasteiger partial charge in [0.15, 0.2) is 0 Å². The molecule has 5 nitrogen and oxygen atoms in total. The molecule has 1 aromatic heterocycles. The number of H-pyrrole nitrogens is 1. The molecule has 2 rings (SSSR count). The fraction of sp³-hybridized carbons (Fsp3) is 0.500. The fourth-order valence-corrected chi connectivity index (χ4v) is 2.18. The number of hydrogen-bond acceptors (Lipinski definition) is 3. The van der Waals surface area contributed by atoms with Crippen molar-refractivity contribution in [2.45, 2.75) is 19.9 Å². The SMILES string of the molecule is C=C(C)CN1CCc2[nH]c(=O)n(C)c(=O)c2C1. The van der Waals surface area contributed by atoms with E-state index in [9.17, 15) is 9.59 Å². The number of aromatic nitrogens is 2. The van der Waals surface area contributed by atoms with Crippen molar-refractivity contribution < 1.29 is 0 Å². The summed E-state index contributed by atoms with van der Waals surface area (Å²) in [4.78, 5) is 28.4. The zero-order chi connectivity index (χ0) is 12.6. The zero-order valence-electron chi connectivity index (χ0n) is 10.2. The molecule has 1 aliphatic heterocycles. The van der Waals surface area contributed by atoms with Crippen molar-refractivity contribution in [2.24, 2.45) is 7.05 Å². The maximum Gasteiger partial charge on any atom is 0.328 e. The number of nitrogens with one attached hydrogen (secondary N) is 1. The number of nitrogens with zero attached hydrogens (tertiary/aromatic N) is 2. The van der Waals surface area contributed by atoms with Crippen molar-refractivity contribution in [2.75, 3.05) is 13.1 Å². The summed E-state index contributed by atoms with van der Waals surface area (Å²) in [5.74, 6) is 0. The first kappa shape index (κ1) is 11.9. The van der Waals surface area contributed by atoms with E-state index in [4.69, 9.17) is 0 Å². The first-order valence-electron chi connectivity index (χ1n) is 5.67. The highest BCUT2D eigenvalue weighted by atomic mass is 16.2. The molecule has 0 fully saturated rings. The van der Waals surface area contributed by atoms with E-state index in [0.29, 0.717) is 18.5 Å². The monoisotopic (exact) mass is 235 g/mol. The molecule has 0 spiro atoms. The van der Waals surface area contributed by atoms with Crippen LogP contribution < -0.4 is 11.2 Å². The Kier molecular flexibility index (Phi) is 3.02. The van der Waals surface area contributed by atoms with Gasteiger partial charge in [-0.25, -0.2) is 4.79 Å². The summed E-state index contributed by atoms with van der Waals surface area (Å²) in [5.41, 5.74) is 2.06. The summed E-state index contributed by atoms with van der Waals surface area (Å²) in [5, 5.41) is 0. The molecule has 0 aromatic carbocycles. The number of rotatable bonds is 2. The van der Waals surface area contributed by atoms with Crippen LogP contribution in [-0.4, -0.2) is 27.5 Å². The van der Waals surface area contributed by atoms with E-state index in [1.165, 1.54) is 7.05 Å². The average molecular weight is 235 g/mol. The molecular weight excluding hydrogens is 218 g/mol. The molecule has 0 unspecified atom stereocenters. The summed E-state index contributed by atoms with van der Waals surface area (Å²) in [6, 6.07) is 0. The van der Waals surface area contributed by atoms with Gasteiger partial charge in [0, 0.05) is 38.8 Å². The van der Waals surface area contributed by atoms with Crippen molar-refractivity contribution in [1.29, 1.82) is 0 Å². The minimum absolute atomic E-state index is 0.185. The molecule has 0 amide bonds. The second kappa shape index (κ2) is 4.33. The van der Waals surface area contributed by atoms with Gasteiger partial charge in [0.1, 0.15) is 0 Å². The van der Waals surface area contributed by atoms with Crippen molar-refractivity contribution in [3.8, 4) is 0 Å². The summed E-state index contributed by atoms with van der Waals surface area (Å²) in [7, 11) is 1.50. The highest BCUT2D eigenvalue weighted by Gasteiger charge is 2.20. The van der Waals surface area contributed by atoms with Gasteiger partial charge < -0.3 is 4.98 Å². The fourth-order valence-electron chi connectivity index (χ4n) is 2.18. The third-order valence-corrected chi connectivity index (χ3v) is 3.04. The molecule has 0 radical (unpaired) electrons. The lowest BCUT2D eigenvalue weighted by Gasteiger charge is -2.27. The third-order valence-electron chi connectivity index (χ3n) is 3.04. The van der Waals surface area contributed by atoms with Crippen molar-refractivity contribution in [3.63, 3.8) is 0 Å². The molecule has 0 atom stereocenters. The Morgan fingerprint density at radius 1 is 1.47 bits per heavy atom. The van der Waals surface area contributed by atoms with E-state index in [2.05, 4.69) is 16.5 Å². The van der Waals surface area contributed by atoms with Gasteiger partial charge in [-0.2, -0.15) is 0 Å². The van der Waals surface area contributed by atoms with E-state index in [1.54, 1.807) is 0 Å². The van der Waals surface area contributed by atoms with Gasteiger partial charge in [-0.15, -0.1) is 0 Å². The van der Waals surface area contributed by atoms with Gasteiger partial charge in [-0.05, 0) is 6.92 Å². The Labute approximate surface area is 99.4 Å². The smallest absolute Gasteiger partial charge is 0.311 e. The Morgan fingerprint density at radius 3 is 2.82 bits per heavy atom. The Bertz CT molecular complexity index is 568. The minimum atomic E-state index is -0.331. The highest BCUT2D eigenvalue weighted by Crippen LogP contribution is 2.13. The molecule has 5 heteroatoms. The standard InChI is InChI=1S/C12H17N3O2/c1-8(2)6-15-5-4-10-9(7-15)11(16)14(3)12(17)13-10/h1,4-7H2,2-3H3,(H,13,17). The summed E-state index contributed by atoms with van der Waals surface area (Å²) in [6.45, 7) is 8.08. The first-order valence-corrected chi connectivity index (χ1v) is 5.67. The topological polar surface area (TPSA) is 58.1 Å². The minimum Gasteiger partial charge on any atom is -0.311 e. The van der Waals surface area contributed by atoms with Crippen LogP contribution in [0.2, 0.25) is 0 Å². The summed E-state index contributed by atoms with van der Waals surface area (Å²) >= 11 is 0. The molecule has 17 heavy (non-hydrogen) atoms. The molecule has 1 N–H and O–H groups in total. The maximum atomic E-state index is 12.0. The van der Waals surface area contributed by atoms with Crippen LogP contribution in [0.1, 0.15) is 18.2 Å². The molecule has 1 aromatic rings. The van der Waals surface area contributed by atoms with Crippen LogP contribution in [-0.2, 0) is 20.0 Å². The summed E-state index contributed by atoms with van der Waals surface area (Å²) < 4.78 is 1.13. The lowest BCUT2D eigenvalue weighted by atomic mass is 10.1. The zero-order valence-corrected chi connectivity index (χ0v) is 10.2. The van der Waals surface area contributed by atoms with Gasteiger partial charge in [-0.1, -0.05) is 12.2 Å². The molecule has 0 bridgehead atoms. The number of aromatic amines is 1. The third kappa shape index (κ3) is 2.24. The molecule has 0 aliphatic carbocycles. The predicted octanol–water partition coefficient (Wildman–Crippen LogP) is 0.00780. The van der Waals surface area contributed by atoms with E-state index in [1.807, 2.05) is 6.92 Å². The van der Waals surface area contributed by atoms with Crippen molar-refractivity contribution >= 4 is 0 Å².